The lowest BCUT2D eigenvalue weighted by atomic mass is 9.92. The van der Waals surface area contributed by atoms with Crippen molar-refractivity contribution in [2.75, 3.05) is 12.4 Å². The maximum atomic E-state index is 15.0. The number of ether oxygens (including phenoxy) is 1. The molecule has 0 bridgehead atoms. The zero-order valence-electron chi connectivity index (χ0n) is 18.4. The van der Waals surface area contributed by atoms with E-state index in [1.807, 2.05) is 13.8 Å². The highest BCUT2D eigenvalue weighted by atomic mass is 35.5. The summed E-state index contributed by atoms with van der Waals surface area (Å²) >= 11 is 6.41. The Kier molecular flexibility index (Phi) is 6.33. The highest BCUT2D eigenvalue weighted by Gasteiger charge is 2.36. The molecule has 0 radical (unpaired) electrons. The van der Waals surface area contributed by atoms with Crippen molar-refractivity contribution >= 4 is 23.3 Å². The molecular formula is C23H23ClFN5O3. The minimum Gasteiger partial charge on any atom is -0.481 e. The second-order valence-corrected chi connectivity index (χ2v) is 8.23. The van der Waals surface area contributed by atoms with Crippen LogP contribution >= 0.6 is 11.6 Å². The normalized spacial score (nSPS) is 17.4. The number of nitrogens with one attached hydrogen (secondary N) is 2. The van der Waals surface area contributed by atoms with Crippen molar-refractivity contribution in [1.29, 1.82) is 0 Å². The number of H-pyrrole nitrogens is 1. The van der Waals surface area contributed by atoms with E-state index in [9.17, 15) is 14.0 Å². The van der Waals surface area contributed by atoms with Crippen LogP contribution in [0.2, 0.25) is 5.02 Å². The molecule has 10 heteroatoms. The molecule has 3 heterocycles. The van der Waals surface area contributed by atoms with Gasteiger partial charge in [-0.1, -0.05) is 18.5 Å². The first-order chi connectivity index (χ1) is 15.8. The number of fused-ring (bicyclic) bond motifs is 1. The molecule has 1 aliphatic rings. The lowest BCUT2D eigenvalue weighted by Gasteiger charge is -2.40. The molecule has 33 heavy (non-hydrogen) atoms. The molecule has 0 aliphatic carbocycles. The second kappa shape index (κ2) is 9.19. The van der Waals surface area contributed by atoms with E-state index in [0.717, 1.165) is 5.56 Å². The molecule has 172 valence electrons. The fraction of sp³-hybridized carbons (Fsp3) is 0.304. The standard InChI is InChI=1S/C23H23ClFN5O3/c1-4-15-7-14-8-20(31)28-29-22(14)12(2)30(15)23(32)27-19-10-17(24)16(9-18(19)25)13-5-6-21(33-3)26-11-13/h5-6,8-12,15H,4,7H2,1-3H3,(H,27,32)(H,28,31). The summed E-state index contributed by atoms with van der Waals surface area (Å²) in [5.74, 6) is -0.195. The minimum absolute atomic E-state index is 0.0301. The van der Waals surface area contributed by atoms with E-state index >= 15 is 0 Å². The Morgan fingerprint density at radius 2 is 2.15 bits per heavy atom. The Balaban J connectivity index is 1.60. The number of carbonyl (C=O) groups excluding carboxylic acids is 1. The highest BCUT2D eigenvalue weighted by Crippen LogP contribution is 2.35. The number of rotatable bonds is 4. The number of carbonyl (C=O) groups is 1. The number of urea groups is 1. The molecule has 2 atom stereocenters. The van der Waals surface area contributed by atoms with Crippen molar-refractivity contribution in [2.24, 2.45) is 0 Å². The van der Waals surface area contributed by atoms with Crippen LogP contribution in [-0.4, -0.2) is 39.3 Å². The molecule has 2 N–H and O–H groups in total. The summed E-state index contributed by atoms with van der Waals surface area (Å²) in [4.78, 5) is 30.6. The number of hydrogen-bond donors (Lipinski definition) is 2. The maximum absolute atomic E-state index is 15.0. The molecule has 0 saturated carbocycles. The maximum Gasteiger partial charge on any atom is 0.322 e. The molecule has 0 spiro atoms. The van der Waals surface area contributed by atoms with Crippen molar-refractivity contribution in [2.45, 2.75) is 38.8 Å². The van der Waals surface area contributed by atoms with E-state index in [2.05, 4.69) is 20.5 Å². The summed E-state index contributed by atoms with van der Waals surface area (Å²) in [6.07, 6.45) is 2.69. The minimum atomic E-state index is -0.626. The van der Waals surface area contributed by atoms with Crippen LogP contribution in [0.15, 0.2) is 41.3 Å². The third-order valence-corrected chi connectivity index (χ3v) is 6.16. The van der Waals surface area contributed by atoms with Gasteiger partial charge >= 0.3 is 6.03 Å². The molecule has 3 aromatic rings. The topological polar surface area (TPSA) is 100 Å². The van der Waals surface area contributed by atoms with Gasteiger partial charge in [0, 0.05) is 35.5 Å². The second-order valence-electron chi connectivity index (χ2n) is 7.82. The Labute approximate surface area is 194 Å². The smallest absolute Gasteiger partial charge is 0.322 e. The zero-order valence-corrected chi connectivity index (χ0v) is 19.1. The summed E-state index contributed by atoms with van der Waals surface area (Å²) < 4.78 is 20.0. The van der Waals surface area contributed by atoms with Crippen LogP contribution in [0.4, 0.5) is 14.9 Å². The number of hydrogen-bond acceptors (Lipinski definition) is 5. The molecule has 2 aromatic heterocycles. The summed E-state index contributed by atoms with van der Waals surface area (Å²) in [5, 5.41) is 9.46. The van der Waals surface area contributed by atoms with Gasteiger partial charge in [-0.05, 0) is 43.5 Å². The Hall–Kier alpha value is -3.46. The predicted octanol–water partition coefficient (Wildman–Crippen LogP) is 4.56. The number of halogens is 2. The van der Waals surface area contributed by atoms with Crippen LogP contribution in [0.25, 0.3) is 11.1 Å². The van der Waals surface area contributed by atoms with Gasteiger partial charge in [-0.2, -0.15) is 5.10 Å². The Morgan fingerprint density at radius 3 is 2.82 bits per heavy atom. The first-order valence-electron chi connectivity index (χ1n) is 10.5. The first kappa shape index (κ1) is 22.7. The van der Waals surface area contributed by atoms with Crippen molar-refractivity contribution in [3.63, 3.8) is 0 Å². The number of benzene rings is 1. The Bertz CT molecular complexity index is 1250. The summed E-state index contributed by atoms with van der Waals surface area (Å²) in [6, 6.07) is 6.50. The third-order valence-electron chi connectivity index (χ3n) is 5.84. The van der Waals surface area contributed by atoms with Crippen LogP contribution in [0.5, 0.6) is 5.88 Å². The fourth-order valence-corrected chi connectivity index (χ4v) is 4.44. The van der Waals surface area contributed by atoms with E-state index in [1.165, 1.54) is 31.5 Å². The van der Waals surface area contributed by atoms with E-state index in [4.69, 9.17) is 16.3 Å². The molecule has 0 fully saturated rings. The largest absolute Gasteiger partial charge is 0.481 e. The molecule has 2 amide bonds. The summed E-state index contributed by atoms with van der Waals surface area (Å²) in [6.45, 7) is 3.78. The van der Waals surface area contributed by atoms with Crippen LogP contribution < -0.4 is 15.6 Å². The van der Waals surface area contributed by atoms with Crippen molar-refractivity contribution < 1.29 is 13.9 Å². The molecule has 2 unspecified atom stereocenters. The number of methoxy groups -OCH3 is 1. The number of nitrogens with zero attached hydrogens (tertiary/aromatic N) is 3. The van der Waals surface area contributed by atoms with E-state index in [-0.39, 0.29) is 22.3 Å². The van der Waals surface area contributed by atoms with Gasteiger partial charge in [-0.25, -0.2) is 19.3 Å². The van der Waals surface area contributed by atoms with E-state index < -0.39 is 17.9 Å². The van der Waals surface area contributed by atoms with E-state index in [1.54, 1.807) is 17.0 Å². The average molecular weight is 472 g/mol. The van der Waals surface area contributed by atoms with Crippen LogP contribution in [-0.2, 0) is 6.42 Å². The van der Waals surface area contributed by atoms with Crippen molar-refractivity contribution in [3.8, 4) is 17.0 Å². The molecule has 1 aromatic carbocycles. The van der Waals surface area contributed by atoms with Gasteiger partial charge in [0.15, 0.2) is 0 Å². The summed E-state index contributed by atoms with van der Waals surface area (Å²) in [7, 11) is 1.51. The third kappa shape index (κ3) is 4.41. The monoisotopic (exact) mass is 471 g/mol. The van der Waals surface area contributed by atoms with E-state index in [0.29, 0.717) is 35.5 Å². The van der Waals surface area contributed by atoms with Gasteiger partial charge in [0.1, 0.15) is 5.82 Å². The van der Waals surface area contributed by atoms with Gasteiger partial charge in [0.25, 0.3) is 5.56 Å². The lowest BCUT2D eigenvalue weighted by Crippen LogP contribution is -2.49. The molecule has 8 nitrogen and oxygen atoms in total. The lowest BCUT2D eigenvalue weighted by molar-refractivity contribution is 0.145. The molecule has 0 saturated heterocycles. The Morgan fingerprint density at radius 1 is 1.36 bits per heavy atom. The van der Waals surface area contributed by atoms with Gasteiger partial charge in [0.2, 0.25) is 5.88 Å². The number of amides is 2. The predicted molar refractivity (Wildman–Crippen MR) is 123 cm³/mol. The number of pyridine rings is 1. The molecule has 1 aliphatic heterocycles. The van der Waals surface area contributed by atoms with Gasteiger partial charge in [-0.15, -0.1) is 0 Å². The van der Waals surface area contributed by atoms with Gasteiger partial charge in [0.05, 0.1) is 29.6 Å². The van der Waals surface area contributed by atoms with Crippen molar-refractivity contribution in [1.82, 2.24) is 20.1 Å². The SMILES string of the molecule is CCC1Cc2cc(=O)[nH]nc2C(C)N1C(=O)Nc1cc(Cl)c(-c2ccc(OC)nc2)cc1F. The van der Waals surface area contributed by atoms with Crippen LogP contribution in [0, 0.1) is 5.82 Å². The quantitative estimate of drug-likeness (QED) is 0.581. The average Bonchev–Trinajstić information content (AvgIpc) is 2.80. The zero-order chi connectivity index (χ0) is 23.7. The molecule has 4 rings (SSSR count). The molecular weight excluding hydrogens is 449 g/mol. The van der Waals surface area contributed by atoms with Crippen LogP contribution in [0.3, 0.4) is 0 Å². The summed E-state index contributed by atoms with van der Waals surface area (Å²) in [5.41, 5.74) is 2.19. The fourth-order valence-electron chi connectivity index (χ4n) is 4.16. The number of aromatic nitrogens is 3. The van der Waals surface area contributed by atoms with Gasteiger partial charge < -0.3 is 15.0 Å². The highest BCUT2D eigenvalue weighted by molar-refractivity contribution is 6.33. The number of anilines is 1. The number of aromatic amines is 1. The first-order valence-corrected chi connectivity index (χ1v) is 10.9. The van der Waals surface area contributed by atoms with Crippen LogP contribution in [0.1, 0.15) is 37.6 Å². The van der Waals surface area contributed by atoms with Crippen molar-refractivity contribution in [3.05, 3.63) is 69.0 Å². The van der Waals surface area contributed by atoms with Gasteiger partial charge in [-0.3, -0.25) is 4.79 Å².